The van der Waals surface area contributed by atoms with Crippen LogP contribution in [0.5, 0.6) is 0 Å². The van der Waals surface area contributed by atoms with Gasteiger partial charge in [0, 0.05) is 137 Å². The summed E-state index contributed by atoms with van der Waals surface area (Å²) in [4.78, 5) is 43.6. The van der Waals surface area contributed by atoms with Crippen molar-refractivity contribution in [3.05, 3.63) is 86.0 Å². The minimum Gasteiger partial charge on any atom is -0.437 e. The van der Waals surface area contributed by atoms with Crippen LogP contribution < -0.4 is 25.8 Å². The largest absolute Gasteiger partial charge is 0.437 e. The summed E-state index contributed by atoms with van der Waals surface area (Å²) in [6.45, 7) is 12.3. The fraction of sp³-hybridized carbons (Fsp3) is 0.404. The summed E-state index contributed by atoms with van der Waals surface area (Å²) in [5, 5.41) is 24.0. The lowest BCUT2D eigenvalue weighted by molar-refractivity contribution is 0.0714. The summed E-state index contributed by atoms with van der Waals surface area (Å²) in [6, 6.07) is 12.9. The molecule has 8 aromatic heterocycles. The van der Waals surface area contributed by atoms with E-state index < -0.39 is 7.05 Å². The Hall–Kier alpha value is -6.58. The minimum atomic E-state index is -0.402. The SMILES string of the molecule is CB(O)N1CCN(c2ccc(Nc3ncc4c5ccncc5n(C5CCOCC5)c4n3)nc2)CC1.c1cc2c3cnc(Nc4ccc(N5CCNCC5)cn4)nc3n(C3CCOCC3)c2cn1. The quantitative estimate of drug-likeness (QED) is 0.131. The number of hydrogen-bond acceptors (Lipinski definition) is 17. The topological polar surface area (TPSA) is 197 Å². The highest BCUT2D eigenvalue weighted by atomic mass is 16.5. The van der Waals surface area contributed by atoms with Crippen molar-refractivity contribution in [2.45, 2.75) is 44.6 Å². The van der Waals surface area contributed by atoms with Gasteiger partial charge in [-0.1, -0.05) is 0 Å². The molecular weight excluding hydrogens is 847 g/mol. The first kappa shape index (κ1) is 43.0. The second-order valence-corrected chi connectivity index (χ2v) is 17.5. The molecule has 0 aliphatic carbocycles. The van der Waals surface area contributed by atoms with Crippen molar-refractivity contribution < 1.29 is 14.5 Å². The number of fused-ring (bicyclic) bond motifs is 6. The first-order valence-electron chi connectivity index (χ1n) is 23.5. The van der Waals surface area contributed by atoms with Crippen molar-refractivity contribution >= 4 is 85.8 Å². The Morgan fingerprint density at radius 2 is 1.04 bits per heavy atom. The van der Waals surface area contributed by atoms with E-state index in [1.165, 1.54) is 0 Å². The Morgan fingerprint density at radius 3 is 1.49 bits per heavy atom. The van der Waals surface area contributed by atoms with Crippen LogP contribution in [0.15, 0.2) is 86.0 Å². The van der Waals surface area contributed by atoms with Crippen molar-refractivity contribution in [1.82, 2.24) is 59.1 Å². The lowest BCUT2D eigenvalue weighted by Crippen LogP contribution is -2.51. The normalized spacial score (nSPS) is 17.8. The Balaban J connectivity index is 0.000000148. The van der Waals surface area contributed by atoms with Gasteiger partial charge in [0.1, 0.15) is 22.9 Å². The summed E-state index contributed by atoms with van der Waals surface area (Å²) in [5.41, 5.74) is 6.23. The standard InChI is InChI=1S/C24H29BN8O2.C23H26N8O/c1-25(34)32-10-8-31(9-11-32)18-2-3-22(27-14-18)29-24-28-15-20-19-4-7-26-16-21(19)33(23(20)30-24)17-5-12-35-13-6-17;1-2-21(26-13-17(1)30-9-7-24-8-10-30)28-23-27-14-19-18-3-6-25-15-20(18)31(22(19)29-23)16-4-11-32-12-5-16/h2-4,7,14-17,34H,5-6,8-13H2,1H3,(H,27,28,29,30);1-3,6,13-16,24H,4-5,7-12H2,(H,26,27,28,29). The smallest absolute Gasteiger partial charge is 0.376 e. The lowest BCUT2D eigenvalue weighted by Gasteiger charge is -2.36. The first-order chi connectivity index (χ1) is 33.0. The number of ether oxygens (including phenoxy) is 2. The van der Waals surface area contributed by atoms with Crippen LogP contribution in [0.1, 0.15) is 37.8 Å². The van der Waals surface area contributed by atoms with Crippen LogP contribution >= 0.6 is 0 Å². The zero-order valence-electron chi connectivity index (χ0n) is 37.7. The van der Waals surface area contributed by atoms with E-state index in [0.717, 1.165) is 166 Å². The highest BCUT2D eigenvalue weighted by Gasteiger charge is 2.26. The maximum absolute atomic E-state index is 9.77. The average Bonchev–Trinajstić information content (AvgIpc) is 3.90. The third kappa shape index (κ3) is 9.02. The number of anilines is 6. The molecule has 67 heavy (non-hydrogen) atoms. The molecule has 0 atom stereocenters. The van der Waals surface area contributed by atoms with E-state index in [0.29, 0.717) is 29.8 Å². The fourth-order valence-corrected chi connectivity index (χ4v) is 9.88. The molecule has 0 spiro atoms. The summed E-state index contributed by atoms with van der Waals surface area (Å²) in [7, 11) is -0.402. The van der Waals surface area contributed by atoms with Crippen molar-refractivity contribution in [3.8, 4) is 0 Å². The van der Waals surface area contributed by atoms with Crippen LogP contribution in [0.4, 0.5) is 34.9 Å². The van der Waals surface area contributed by atoms with Crippen molar-refractivity contribution in [2.75, 3.05) is 99.2 Å². The third-order valence-corrected chi connectivity index (χ3v) is 13.5. The van der Waals surface area contributed by atoms with Gasteiger partial charge in [-0.2, -0.15) is 9.97 Å². The Morgan fingerprint density at radius 1 is 0.567 bits per heavy atom. The van der Waals surface area contributed by atoms with Gasteiger partial charge >= 0.3 is 7.05 Å². The highest BCUT2D eigenvalue weighted by Crippen LogP contribution is 2.36. The molecule has 0 saturated carbocycles. The van der Waals surface area contributed by atoms with Crippen LogP contribution in [-0.4, -0.2) is 145 Å². The van der Waals surface area contributed by atoms with Crippen molar-refractivity contribution in [2.24, 2.45) is 0 Å². The molecule has 8 aromatic rings. The lowest BCUT2D eigenvalue weighted by atomic mass is 9.84. The van der Waals surface area contributed by atoms with Gasteiger partial charge in [-0.3, -0.25) is 9.97 Å². The van der Waals surface area contributed by atoms with Gasteiger partial charge in [0.05, 0.1) is 47.2 Å². The zero-order valence-corrected chi connectivity index (χ0v) is 37.7. The number of pyridine rings is 4. The Labute approximate surface area is 388 Å². The Bertz CT molecular complexity index is 2940. The van der Waals surface area contributed by atoms with Gasteiger partial charge in [-0.15, -0.1) is 0 Å². The van der Waals surface area contributed by atoms with Crippen LogP contribution in [0, 0.1) is 0 Å². The molecule has 20 heteroatoms. The second kappa shape index (κ2) is 19.3. The van der Waals surface area contributed by atoms with Gasteiger partial charge in [0.15, 0.2) is 0 Å². The molecule has 12 rings (SSSR count). The van der Waals surface area contributed by atoms with Crippen LogP contribution in [0.3, 0.4) is 0 Å². The predicted molar refractivity (Wildman–Crippen MR) is 262 cm³/mol. The third-order valence-electron chi connectivity index (χ3n) is 13.5. The number of hydrogen-bond donors (Lipinski definition) is 4. The molecule has 12 heterocycles. The molecule has 344 valence electrons. The molecule has 4 aliphatic heterocycles. The molecule has 0 radical (unpaired) electrons. The molecule has 4 fully saturated rings. The van der Waals surface area contributed by atoms with Gasteiger partial charge in [-0.05, 0) is 68.9 Å². The fourth-order valence-electron chi connectivity index (χ4n) is 9.88. The second-order valence-electron chi connectivity index (χ2n) is 17.5. The minimum absolute atomic E-state index is 0.322. The Kier molecular flexibility index (Phi) is 12.4. The molecule has 4 N–H and O–H groups in total. The van der Waals surface area contributed by atoms with E-state index in [9.17, 15) is 5.02 Å². The molecule has 4 aliphatic rings. The number of nitrogens with zero attached hydrogens (tertiary/aromatic N) is 13. The highest BCUT2D eigenvalue weighted by molar-refractivity contribution is 6.45. The predicted octanol–water partition coefficient (Wildman–Crippen LogP) is 5.58. The van der Waals surface area contributed by atoms with E-state index in [1.54, 1.807) is 0 Å². The van der Waals surface area contributed by atoms with Crippen LogP contribution in [0.25, 0.3) is 43.9 Å². The van der Waals surface area contributed by atoms with Gasteiger partial charge in [0.2, 0.25) is 11.9 Å². The molecule has 4 saturated heterocycles. The van der Waals surface area contributed by atoms with E-state index >= 15 is 0 Å². The molecular formula is C47H55BN16O3. The average molecular weight is 903 g/mol. The molecule has 0 amide bonds. The summed E-state index contributed by atoms with van der Waals surface area (Å²) in [5.74, 6) is 2.50. The van der Waals surface area contributed by atoms with E-state index in [-0.39, 0.29) is 0 Å². The number of aromatic nitrogens is 10. The molecule has 0 aromatic carbocycles. The van der Waals surface area contributed by atoms with Crippen molar-refractivity contribution in [3.63, 3.8) is 0 Å². The molecule has 19 nitrogen and oxygen atoms in total. The maximum Gasteiger partial charge on any atom is 0.376 e. The summed E-state index contributed by atoms with van der Waals surface area (Å²) < 4.78 is 15.8. The number of nitrogens with one attached hydrogen (secondary N) is 3. The van der Waals surface area contributed by atoms with E-state index in [4.69, 9.17) is 19.4 Å². The van der Waals surface area contributed by atoms with E-state index in [2.05, 4.69) is 81.7 Å². The van der Waals surface area contributed by atoms with E-state index in [1.807, 2.05) is 80.7 Å². The zero-order chi connectivity index (χ0) is 45.1. The van der Waals surface area contributed by atoms with Crippen LogP contribution in [-0.2, 0) is 9.47 Å². The number of rotatable bonds is 9. The summed E-state index contributed by atoms with van der Waals surface area (Å²) in [6.07, 6.45) is 18.9. The molecule has 0 unspecified atom stereocenters. The van der Waals surface area contributed by atoms with Gasteiger partial charge in [0.25, 0.3) is 0 Å². The van der Waals surface area contributed by atoms with Crippen LogP contribution in [0.2, 0.25) is 6.82 Å². The maximum atomic E-state index is 9.77. The molecule has 0 bridgehead atoms. The van der Waals surface area contributed by atoms with Crippen molar-refractivity contribution in [1.29, 1.82) is 0 Å². The summed E-state index contributed by atoms with van der Waals surface area (Å²) >= 11 is 0. The van der Waals surface area contributed by atoms with Gasteiger partial charge in [-0.25, -0.2) is 19.9 Å². The number of piperazine rings is 2. The first-order valence-corrected chi connectivity index (χ1v) is 23.5. The monoisotopic (exact) mass is 902 g/mol. The van der Waals surface area contributed by atoms with Gasteiger partial charge < -0.3 is 54.2 Å².